The average molecular weight is 363 g/mol. The molecule has 1 saturated heterocycles. The summed E-state index contributed by atoms with van der Waals surface area (Å²) in [6.07, 6.45) is 10.1. The van der Waals surface area contributed by atoms with E-state index in [2.05, 4.69) is 66.5 Å². The Hall–Kier alpha value is -1.84. The summed E-state index contributed by atoms with van der Waals surface area (Å²) in [7, 11) is -1.80. The Bertz CT molecular complexity index is 821. The number of hydrogen-bond acceptors (Lipinski definition) is 1. The van der Waals surface area contributed by atoms with Crippen molar-refractivity contribution >= 4 is 24.3 Å². The van der Waals surface area contributed by atoms with Gasteiger partial charge in [-0.05, 0) is 61.1 Å². The summed E-state index contributed by atoms with van der Waals surface area (Å²) < 4.78 is 0. The van der Waals surface area contributed by atoms with E-state index in [4.69, 9.17) is 0 Å². The topological polar surface area (TPSA) is 27.8 Å². The Morgan fingerprint density at radius 3 is 2.50 bits per heavy atom. The van der Waals surface area contributed by atoms with Crippen molar-refractivity contribution in [3.05, 3.63) is 67.3 Å². The van der Waals surface area contributed by atoms with Crippen LogP contribution in [0, 0.1) is 0 Å². The van der Waals surface area contributed by atoms with Crippen LogP contribution in [0.2, 0.25) is 18.1 Å². The fourth-order valence-electron chi connectivity index (χ4n) is 5.46. The van der Waals surface area contributed by atoms with E-state index >= 15 is 0 Å². The number of rotatable bonds is 7. The molecular weight excluding hydrogens is 332 g/mol. The van der Waals surface area contributed by atoms with Crippen LogP contribution in [0.5, 0.6) is 0 Å². The molecule has 3 heteroatoms. The van der Waals surface area contributed by atoms with Crippen LogP contribution in [0.15, 0.2) is 56.2 Å². The number of aromatic nitrogens is 1. The largest absolute Gasteiger partial charge is 0.362 e. The number of nitrogens with one attached hydrogen (secondary N) is 2. The second-order valence-electron chi connectivity index (χ2n) is 8.02. The molecule has 0 spiro atoms. The molecule has 0 amide bonds. The maximum absolute atomic E-state index is 4.08. The number of hydrogen-bond donors (Lipinski definition) is 2. The first-order valence-electron chi connectivity index (χ1n) is 9.94. The van der Waals surface area contributed by atoms with Gasteiger partial charge in [-0.15, -0.1) is 19.7 Å². The minimum absolute atomic E-state index is 0.583. The zero-order valence-corrected chi connectivity index (χ0v) is 16.7. The number of H-pyrrole nitrogens is 1. The highest BCUT2D eigenvalue weighted by Gasteiger charge is 2.40. The second-order valence-corrected chi connectivity index (χ2v) is 12.3. The normalized spacial score (nSPS) is 22.0. The van der Waals surface area contributed by atoms with Gasteiger partial charge in [0.2, 0.25) is 0 Å². The third kappa shape index (κ3) is 2.65. The molecule has 1 aromatic heterocycles. The molecular formula is C23H30N2Si. The Morgan fingerprint density at radius 1 is 1.08 bits per heavy atom. The lowest BCUT2D eigenvalue weighted by atomic mass is 9.76. The highest BCUT2D eigenvalue weighted by atomic mass is 28.3. The van der Waals surface area contributed by atoms with Gasteiger partial charge in [-0.25, -0.2) is 0 Å². The Balaban J connectivity index is 1.94. The van der Waals surface area contributed by atoms with Crippen LogP contribution in [-0.2, 0) is 6.42 Å². The first-order chi connectivity index (χ1) is 12.7. The standard InChI is InChI=1S/C23H30N2Si/c1-4-13-26(14-5-2,15-6-3)23-19-16-21-17(10-8-12-24-21)18-9-7-11-20(25-23)22(18)19/h4-7,9,11,17,21,24-25H,1-3,8,10,12-16H2/t17-,21-/m1/s1. The van der Waals surface area contributed by atoms with E-state index in [1.807, 2.05) is 0 Å². The van der Waals surface area contributed by atoms with Crippen molar-refractivity contribution in [1.82, 2.24) is 10.3 Å². The molecule has 2 atom stereocenters. The molecule has 0 radical (unpaired) electrons. The van der Waals surface area contributed by atoms with E-state index in [0.717, 1.165) is 31.1 Å². The molecule has 0 bridgehead atoms. The van der Waals surface area contributed by atoms with Gasteiger partial charge >= 0.3 is 0 Å². The molecule has 2 aromatic rings. The highest BCUT2D eigenvalue weighted by Crippen LogP contribution is 2.41. The molecule has 4 rings (SSSR count). The zero-order valence-electron chi connectivity index (χ0n) is 15.7. The number of allylic oxidation sites excluding steroid dienone is 3. The van der Waals surface area contributed by atoms with Crippen LogP contribution < -0.4 is 10.6 Å². The molecule has 0 unspecified atom stereocenters. The molecule has 1 aromatic carbocycles. The fourth-order valence-corrected chi connectivity index (χ4v) is 9.49. The van der Waals surface area contributed by atoms with Crippen molar-refractivity contribution in [1.29, 1.82) is 0 Å². The lowest BCUT2D eigenvalue weighted by molar-refractivity contribution is 0.346. The summed E-state index contributed by atoms with van der Waals surface area (Å²) in [5.41, 5.74) is 4.45. The van der Waals surface area contributed by atoms with E-state index in [0.29, 0.717) is 12.0 Å². The first-order valence-corrected chi connectivity index (χ1v) is 12.6. The molecule has 2 N–H and O–H groups in total. The van der Waals surface area contributed by atoms with Gasteiger partial charge < -0.3 is 10.3 Å². The highest BCUT2D eigenvalue weighted by molar-refractivity contribution is 6.92. The number of aromatic amines is 1. The lowest BCUT2D eigenvalue weighted by Gasteiger charge is -2.38. The van der Waals surface area contributed by atoms with Crippen molar-refractivity contribution < 1.29 is 0 Å². The summed E-state index contributed by atoms with van der Waals surface area (Å²) in [6, 6.07) is 10.7. The van der Waals surface area contributed by atoms with Crippen LogP contribution in [-0.4, -0.2) is 25.6 Å². The van der Waals surface area contributed by atoms with E-state index in [1.54, 1.807) is 11.1 Å². The van der Waals surface area contributed by atoms with Gasteiger partial charge in [0.05, 0.1) is 0 Å². The van der Waals surface area contributed by atoms with Gasteiger partial charge in [0.1, 0.15) is 8.07 Å². The predicted octanol–water partition coefficient (Wildman–Crippen LogP) is 4.77. The quantitative estimate of drug-likeness (QED) is 0.539. The summed E-state index contributed by atoms with van der Waals surface area (Å²) in [4.78, 5) is 3.89. The molecule has 2 heterocycles. The third-order valence-electron chi connectivity index (χ3n) is 6.50. The fraction of sp³-hybridized carbons (Fsp3) is 0.391. The van der Waals surface area contributed by atoms with Crippen LogP contribution in [0.1, 0.15) is 29.9 Å². The van der Waals surface area contributed by atoms with Crippen molar-refractivity contribution in [3.8, 4) is 0 Å². The summed E-state index contributed by atoms with van der Waals surface area (Å²) in [6.45, 7) is 13.4. The molecule has 26 heavy (non-hydrogen) atoms. The third-order valence-corrected chi connectivity index (χ3v) is 11.2. The Labute approximate surface area is 158 Å². The average Bonchev–Trinajstić information content (AvgIpc) is 3.03. The molecule has 136 valence electrons. The van der Waals surface area contributed by atoms with Crippen molar-refractivity contribution in [2.24, 2.45) is 0 Å². The number of fused-ring (bicyclic) bond motifs is 2. The van der Waals surface area contributed by atoms with Crippen molar-refractivity contribution in [2.45, 2.75) is 49.4 Å². The minimum Gasteiger partial charge on any atom is -0.362 e. The summed E-state index contributed by atoms with van der Waals surface area (Å²) in [5, 5.41) is 6.84. The lowest BCUT2D eigenvalue weighted by Crippen LogP contribution is -2.51. The maximum atomic E-state index is 4.08. The number of piperidine rings is 1. The predicted molar refractivity (Wildman–Crippen MR) is 116 cm³/mol. The van der Waals surface area contributed by atoms with Gasteiger partial charge in [0, 0.05) is 28.2 Å². The van der Waals surface area contributed by atoms with Gasteiger partial charge in [0.15, 0.2) is 0 Å². The van der Waals surface area contributed by atoms with Gasteiger partial charge in [-0.2, -0.15) is 0 Å². The molecule has 1 aliphatic heterocycles. The SMILES string of the molecule is C=CC[Si](CC=C)(CC=C)c1[nH]c2cccc3c2c1C[C@H]1NCCC[C@H]31. The monoisotopic (exact) mass is 362 g/mol. The van der Waals surface area contributed by atoms with Crippen LogP contribution in [0.4, 0.5) is 0 Å². The summed E-state index contributed by atoms with van der Waals surface area (Å²) in [5.74, 6) is 0.665. The second kappa shape index (κ2) is 7.05. The molecule has 0 saturated carbocycles. The van der Waals surface area contributed by atoms with Crippen molar-refractivity contribution in [3.63, 3.8) is 0 Å². The molecule has 2 nitrogen and oxygen atoms in total. The molecule has 1 fully saturated rings. The molecule has 1 aliphatic carbocycles. The zero-order chi connectivity index (χ0) is 18.1. The van der Waals surface area contributed by atoms with E-state index in [9.17, 15) is 0 Å². The number of benzene rings is 1. The van der Waals surface area contributed by atoms with E-state index < -0.39 is 8.07 Å². The first kappa shape index (κ1) is 17.6. The van der Waals surface area contributed by atoms with Crippen LogP contribution in [0.3, 0.4) is 0 Å². The van der Waals surface area contributed by atoms with E-state index in [-0.39, 0.29) is 0 Å². The Kier molecular flexibility index (Phi) is 4.76. The van der Waals surface area contributed by atoms with Crippen molar-refractivity contribution in [2.75, 3.05) is 6.54 Å². The molecule has 2 aliphatic rings. The van der Waals surface area contributed by atoms with Crippen LogP contribution in [0.25, 0.3) is 10.9 Å². The smallest absolute Gasteiger partial charge is 0.119 e. The summed E-state index contributed by atoms with van der Waals surface area (Å²) >= 11 is 0. The van der Waals surface area contributed by atoms with E-state index in [1.165, 1.54) is 29.1 Å². The van der Waals surface area contributed by atoms with Gasteiger partial charge in [0.25, 0.3) is 0 Å². The van der Waals surface area contributed by atoms with Gasteiger partial charge in [-0.1, -0.05) is 30.4 Å². The Morgan fingerprint density at radius 2 is 1.81 bits per heavy atom. The minimum atomic E-state index is -1.80. The van der Waals surface area contributed by atoms with Crippen LogP contribution >= 0.6 is 0 Å². The maximum Gasteiger partial charge on any atom is 0.119 e. The van der Waals surface area contributed by atoms with Gasteiger partial charge in [-0.3, -0.25) is 0 Å².